The third-order valence-corrected chi connectivity index (χ3v) is 2.53. The fourth-order valence-corrected chi connectivity index (χ4v) is 1.60. The largest absolute Gasteiger partial charge is 0.487 e. The average Bonchev–Trinajstić information content (AvgIpc) is 2.45. The van der Waals surface area contributed by atoms with Crippen LogP contribution in [0.3, 0.4) is 0 Å². The molecule has 2 aromatic rings. The molecule has 0 heterocycles. The Morgan fingerprint density at radius 2 is 1.44 bits per heavy atom. The molecule has 0 bridgehead atoms. The molecule has 18 heavy (non-hydrogen) atoms. The number of nitriles is 2. The average molecular weight is 234 g/mol. The van der Waals surface area contributed by atoms with Crippen LogP contribution < -0.4 is 4.74 Å². The summed E-state index contributed by atoms with van der Waals surface area (Å²) in [6.45, 7) is 0.280. The maximum atomic E-state index is 8.96. The van der Waals surface area contributed by atoms with E-state index in [9.17, 15) is 0 Å². The van der Waals surface area contributed by atoms with Gasteiger partial charge in [-0.1, -0.05) is 30.3 Å². The van der Waals surface area contributed by atoms with E-state index in [1.807, 2.05) is 24.3 Å². The maximum absolute atomic E-state index is 8.96. The SMILES string of the molecule is N#Cc1ccccc1COc1ccccc1C#N. The molecule has 2 aromatic carbocycles. The van der Waals surface area contributed by atoms with Crippen LogP contribution in [0.1, 0.15) is 16.7 Å². The Balaban J connectivity index is 2.18. The molecule has 3 nitrogen and oxygen atoms in total. The molecule has 0 aliphatic rings. The molecule has 0 fully saturated rings. The Kier molecular flexibility index (Phi) is 3.59. The van der Waals surface area contributed by atoms with Crippen LogP contribution in [-0.4, -0.2) is 0 Å². The van der Waals surface area contributed by atoms with E-state index in [1.165, 1.54) is 0 Å². The van der Waals surface area contributed by atoms with Crippen LogP contribution in [0.2, 0.25) is 0 Å². The lowest BCUT2D eigenvalue weighted by Crippen LogP contribution is -1.99. The van der Waals surface area contributed by atoms with Crippen molar-refractivity contribution in [2.24, 2.45) is 0 Å². The molecule has 0 aromatic heterocycles. The van der Waals surface area contributed by atoms with Gasteiger partial charge in [0.05, 0.1) is 17.2 Å². The number of hydrogen-bond donors (Lipinski definition) is 0. The Bertz CT molecular complexity index is 578. The van der Waals surface area contributed by atoms with Crippen molar-refractivity contribution in [3.05, 3.63) is 65.2 Å². The normalized spacial score (nSPS) is 9.22. The Morgan fingerprint density at radius 1 is 0.833 bits per heavy atom. The summed E-state index contributed by atoms with van der Waals surface area (Å²) < 4.78 is 5.58. The molecule has 0 atom stereocenters. The predicted octanol–water partition coefficient (Wildman–Crippen LogP) is 3.01. The lowest BCUT2D eigenvalue weighted by Gasteiger charge is -2.08. The molecule has 0 aliphatic heterocycles. The van der Waals surface area contributed by atoms with E-state index in [4.69, 9.17) is 15.3 Å². The molecule has 0 saturated carbocycles. The summed E-state index contributed by atoms with van der Waals surface area (Å²) >= 11 is 0. The van der Waals surface area contributed by atoms with Crippen LogP contribution in [0.4, 0.5) is 0 Å². The van der Waals surface area contributed by atoms with Gasteiger partial charge in [-0.2, -0.15) is 10.5 Å². The zero-order valence-corrected chi connectivity index (χ0v) is 9.63. The zero-order chi connectivity index (χ0) is 12.8. The molecular formula is C15H10N2O. The fourth-order valence-electron chi connectivity index (χ4n) is 1.60. The summed E-state index contributed by atoms with van der Waals surface area (Å²) in [5.41, 5.74) is 1.90. The number of nitrogens with zero attached hydrogens (tertiary/aromatic N) is 2. The van der Waals surface area contributed by atoms with E-state index in [-0.39, 0.29) is 6.61 Å². The van der Waals surface area contributed by atoms with Crippen LogP contribution in [0, 0.1) is 22.7 Å². The summed E-state index contributed by atoms with van der Waals surface area (Å²) in [6.07, 6.45) is 0. The summed E-state index contributed by atoms with van der Waals surface area (Å²) in [4.78, 5) is 0. The van der Waals surface area contributed by atoms with E-state index in [1.54, 1.807) is 24.3 Å². The molecule has 0 N–H and O–H groups in total. The molecule has 0 amide bonds. The highest BCUT2D eigenvalue weighted by Crippen LogP contribution is 2.19. The molecule has 2 rings (SSSR count). The molecule has 0 unspecified atom stereocenters. The number of rotatable bonds is 3. The van der Waals surface area contributed by atoms with Crippen LogP contribution in [0.5, 0.6) is 5.75 Å². The van der Waals surface area contributed by atoms with Crippen molar-refractivity contribution < 1.29 is 4.74 Å². The third kappa shape index (κ3) is 2.48. The zero-order valence-electron chi connectivity index (χ0n) is 9.63. The van der Waals surface area contributed by atoms with Crippen LogP contribution in [-0.2, 0) is 6.61 Å². The van der Waals surface area contributed by atoms with Gasteiger partial charge in [-0.15, -0.1) is 0 Å². The summed E-state index contributed by atoms with van der Waals surface area (Å²) in [5, 5.41) is 17.9. The van der Waals surface area contributed by atoms with Crippen molar-refractivity contribution in [1.29, 1.82) is 10.5 Å². The van der Waals surface area contributed by atoms with Crippen molar-refractivity contribution >= 4 is 0 Å². The van der Waals surface area contributed by atoms with Crippen molar-refractivity contribution in [3.8, 4) is 17.9 Å². The van der Waals surface area contributed by atoms with Gasteiger partial charge < -0.3 is 4.74 Å². The predicted molar refractivity (Wildman–Crippen MR) is 66.6 cm³/mol. The van der Waals surface area contributed by atoms with Gasteiger partial charge in [0.2, 0.25) is 0 Å². The second-order valence-corrected chi connectivity index (χ2v) is 3.67. The number of hydrogen-bond acceptors (Lipinski definition) is 3. The molecular weight excluding hydrogens is 224 g/mol. The Labute approximate surface area is 105 Å². The summed E-state index contributed by atoms with van der Waals surface area (Å²) in [6, 6.07) is 18.5. The van der Waals surface area contributed by atoms with Crippen molar-refractivity contribution in [3.63, 3.8) is 0 Å². The highest BCUT2D eigenvalue weighted by molar-refractivity contribution is 5.43. The summed E-state index contributed by atoms with van der Waals surface area (Å²) in [5.74, 6) is 0.535. The first kappa shape index (κ1) is 11.7. The minimum Gasteiger partial charge on any atom is -0.487 e. The molecule has 0 aliphatic carbocycles. The van der Waals surface area contributed by atoms with Gasteiger partial charge in [-0.3, -0.25) is 0 Å². The van der Waals surface area contributed by atoms with Gasteiger partial charge in [0, 0.05) is 5.56 Å². The highest BCUT2D eigenvalue weighted by atomic mass is 16.5. The highest BCUT2D eigenvalue weighted by Gasteiger charge is 2.04. The first-order valence-corrected chi connectivity index (χ1v) is 5.45. The lowest BCUT2D eigenvalue weighted by molar-refractivity contribution is 0.305. The number of para-hydroxylation sites is 1. The maximum Gasteiger partial charge on any atom is 0.137 e. The van der Waals surface area contributed by atoms with E-state index in [2.05, 4.69) is 12.1 Å². The fraction of sp³-hybridized carbons (Fsp3) is 0.0667. The standard InChI is InChI=1S/C15H10N2O/c16-9-12-5-1-2-7-14(12)11-18-15-8-4-3-6-13(15)10-17/h1-8H,11H2. The van der Waals surface area contributed by atoms with Gasteiger partial charge in [-0.25, -0.2) is 0 Å². The van der Waals surface area contributed by atoms with Crippen LogP contribution in [0.15, 0.2) is 48.5 Å². The molecule has 0 saturated heterocycles. The molecule has 0 spiro atoms. The van der Waals surface area contributed by atoms with Crippen molar-refractivity contribution in [2.45, 2.75) is 6.61 Å². The first-order chi connectivity index (χ1) is 8.85. The quantitative estimate of drug-likeness (QED) is 0.820. The molecule has 3 heteroatoms. The topological polar surface area (TPSA) is 56.8 Å². The van der Waals surface area contributed by atoms with Crippen LogP contribution >= 0.6 is 0 Å². The number of ether oxygens (including phenoxy) is 1. The Morgan fingerprint density at radius 3 is 2.17 bits per heavy atom. The van der Waals surface area contributed by atoms with Gasteiger partial charge >= 0.3 is 0 Å². The smallest absolute Gasteiger partial charge is 0.137 e. The third-order valence-electron chi connectivity index (χ3n) is 2.53. The minimum atomic E-state index is 0.280. The second kappa shape index (κ2) is 5.52. The van der Waals surface area contributed by atoms with Gasteiger partial charge in [0.1, 0.15) is 18.4 Å². The lowest BCUT2D eigenvalue weighted by atomic mass is 10.1. The Hall–Kier alpha value is -2.78. The molecule has 0 radical (unpaired) electrons. The van der Waals surface area contributed by atoms with E-state index in [0.717, 1.165) is 5.56 Å². The van der Waals surface area contributed by atoms with Gasteiger partial charge in [-0.05, 0) is 18.2 Å². The first-order valence-electron chi connectivity index (χ1n) is 5.45. The minimum absolute atomic E-state index is 0.280. The monoisotopic (exact) mass is 234 g/mol. The van der Waals surface area contributed by atoms with E-state index >= 15 is 0 Å². The van der Waals surface area contributed by atoms with E-state index in [0.29, 0.717) is 16.9 Å². The van der Waals surface area contributed by atoms with Crippen molar-refractivity contribution in [2.75, 3.05) is 0 Å². The van der Waals surface area contributed by atoms with Crippen LogP contribution in [0.25, 0.3) is 0 Å². The number of benzene rings is 2. The van der Waals surface area contributed by atoms with Gasteiger partial charge in [0.25, 0.3) is 0 Å². The van der Waals surface area contributed by atoms with E-state index < -0.39 is 0 Å². The summed E-state index contributed by atoms with van der Waals surface area (Å²) in [7, 11) is 0. The second-order valence-electron chi connectivity index (χ2n) is 3.67. The van der Waals surface area contributed by atoms with Crippen molar-refractivity contribution in [1.82, 2.24) is 0 Å². The molecule has 86 valence electrons. The van der Waals surface area contributed by atoms with Gasteiger partial charge in [0.15, 0.2) is 0 Å².